The second-order valence-electron chi connectivity index (χ2n) is 4.36. The van der Waals surface area contributed by atoms with E-state index in [-0.39, 0.29) is 0 Å². The standard InChI is InChI=1S/C17H15ClO2/c1-2-5-14-10-13(11-19)8-9-17(14)20-12-15-6-3-4-7-16(15)18/h2-4,6-11H,1,5,12H2. The summed E-state index contributed by atoms with van der Waals surface area (Å²) >= 11 is 6.10. The minimum atomic E-state index is 0.393. The average Bonchev–Trinajstić information content (AvgIpc) is 2.47. The van der Waals surface area contributed by atoms with E-state index >= 15 is 0 Å². The monoisotopic (exact) mass is 286 g/mol. The van der Waals surface area contributed by atoms with Gasteiger partial charge in [-0.15, -0.1) is 6.58 Å². The molecule has 102 valence electrons. The van der Waals surface area contributed by atoms with Crippen molar-refractivity contribution in [1.29, 1.82) is 0 Å². The summed E-state index contributed by atoms with van der Waals surface area (Å²) in [4.78, 5) is 10.8. The summed E-state index contributed by atoms with van der Waals surface area (Å²) in [7, 11) is 0. The van der Waals surface area contributed by atoms with E-state index in [1.807, 2.05) is 30.3 Å². The van der Waals surface area contributed by atoms with Crippen LogP contribution in [0.5, 0.6) is 5.75 Å². The zero-order valence-electron chi connectivity index (χ0n) is 11.0. The largest absolute Gasteiger partial charge is 0.489 e. The van der Waals surface area contributed by atoms with E-state index < -0.39 is 0 Å². The molecular weight excluding hydrogens is 272 g/mol. The van der Waals surface area contributed by atoms with Crippen LogP contribution in [0.25, 0.3) is 0 Å². The molecule has 2 aromatic rings. The van der Waals surface area contributed by atoms with Crippen molar-refractivity contribution in [2.75, 3.05) is 0 Å². The lowest BCUT2D eigenvalue weighted by atomic mass is 10.1. The van der Waals surface area contributed by atoms with Gasteiger partial charge in [-0.05, 0) is 36.2 Å². The molecule has 0 saturated heterocycles. The highest BCUT2D eigenvalue weighted by Gasteiger charge is 2.06. The molecule has 0 aliphatic heterocycles. The highest BCUT2D eigenvalue weighted by molar-refractivity contribution is 6.31. The smallest absolute Gasteiger partial charge is 0.150 e. The van der Waals surface area contributed by atoms with Gasteiger partial charge in [-0.2, -0.15) is 0 Å². The molecule has 0 unspecified atom stereocenters. The van der Waals surface area contributed by atoms with Crippen LogP contribution in [0.15, 0.2) is 55.1 Å². The number of rotatable bonds is 6. The third-order valence-electron chi connectivity index (χ3n) is 2.93. The van der Waals surface area contributed by atoms with E-state index in [4.69, 9.17) is 16.3 Å². The number of hydrogen-bond donors (Lipinski definition) is 0. The highest BCUT2D eigenvalue weighted by atomic mass is 35.5. The van der Waals surface area contributed by atoms with Gasteiger partial charge in [0.1, 0.15) is 18.6 Å². The Morgan fingerprint density at radius 1 is 1.15 bits per heavy atom. The first-order valence-electron chi connectivity index (χ1n) is 6.30. The predicted molar refractivity (Wildman–Crippen MR) is 81.5 cm³/mol. The van der Waals surface area contributed by atoms with Crippen molar-refractivity contribution in [3.63, 3.8) is 0 Å². The van der Waals surface area contributed by atoms with Crippen LogP contribution in [-0.4, -0.2) is 6.29 Å². The van der Waals surface area contributed by atoms with Crippen LogP contribution in [0, 0.1) is 0 Å². The van der Waals surface area contributed by atoms with Crippen molar-refractivity contribution in [1.82, 2.24) is 0 Å². The molecule has 0 amide bonds. The molecule has 2 aromatic carbocycles. The van der Waals surface area contributed by atoms with Crippen molar-refractivity contribution in [3.05, 3.63) is 76.8 Å². The topological polar surface area (TPSA) is 26.3 Å². The molecule has 0 spiro atoms. The van der Waals surface area contributed by atoms with Gasteiger partial charge in [0.25, 0.3) is 0 Å². The average molecular weight is 287 g/mol. The summed E-state index contributed by atoms with van der Waals surface area (Å²) in [5, 5.41) is 0.683. The number of hydrogen-bond acceptors (Lipinski definition) is 2. The number of carbonyl (C=O) groups is 1. The summed E-state index contributed by atoms with van der Waals surface area (Å²) in [6.45, 7) is 4.11. The SMILES string of the molecule is C=CCc1cc(C=O)ccc1OCc1ccccc1Cl. The van der Waals surface area contributed by atoms with Crippen molar-refractivity contribution < 1.29 is 9.53 Å². The normalized spacial score (nSPS) is 10.1. The van der Waals surface area contributed by atoms with Gasteiger partial charge in [-0.1, -0.05) is 35.9 Å². The Morgan fingerprint density at radius 2 is 1.95 bits per heavy atom. The first-order valence-corrected chi connectivity index (χ1v) is 6.67. The van der Waals surface area contributed by atoms with Gasteiger partial charge in [-0.3, -0.25) is 4.79 Å². The Morgan fingerprint density at radius 3 is 2.65 bits per heavy atom. The second kappa shape index (κ2) is 6.92. The minimum Gasteiger partial charge on any atom is -0.489 e. The summed E-state index contributed by atoms with van der Waals surface area (Å²) < 4.78 is 5.81. The zero-order valence-corrected chi connectivity index (χ0v) is 11.8. The van der Waals surface area contributed by atoms with Crippen molar-refractivity contribution >= 4 is 17.9 Å². The van der Waals surface area contributed by atoms with Crippen molar-refractivity contribution in [3.8, 4) is 5.75 Å². The number of benzene rings is 2. The van der Waals surface area contributed by atoms with Crippen LogP contribution < -0.4 is 4.74 Å². The van der Waals surface area contributed by atoms with Crippen LogP contribution in [0.3, 0.4) is 0 Å². The Kier molecular flexibility index (Phi) is 4.97. The van der Waals surface area contributed by atoms with Gasteiger partial charge in [0.15, 0.2) is 0 Å². The number of halogens is 1. The molecule has 20 heavy (non-hydrogen) atoms. The Labute approximate surface area is 123 Å². The van der Waals surface area contributed by atoms with Gasteiger partial charge in [0, 0.05) is 16.1 Å². The van der Waals surface area contributed by atoms with Crippen LogP contribution >= 0.6 is 11.6 Å². The maximum Gasteiger partial charge on any atom is 0.150 e. The van der Waals surface area contributed by atoms with E-state index in [1.54, 1.807) is 18.2 Å². The molecule has 0 saturated carbocycles. The first kappa shape index (κ1) is 14.4. The molecule has 0 bridgehead atoms. The quantitative estimate of drug-likeness (QED) is 0.579. The molecule has 0 radical (unpaired) electrons. The molecule has 0 heterocycles. The lowest BCUT2D eigenvalue weighted by Crippen LogP contribution is -1.99. The van der Waals surface area contributed by atoms with E-state index in [0.717, 1.165) is 23.2 Å². The molecule has 0 aromatic heterocycles. The summed E-state index contributed by atoms with van der Waals surface area (Å²) in [6, 6.07) is 12.9. The second-order valence-corrected chi connectivity index (χ2v) is 4.77. The summed E-state index contributed by atoms with van der Waals surface area (Å²) in [5.41, 5.74) is 2.50. The molecule has 0 N–H and O–H groups in total. The first-order chi connectivity index (χ1) is 9.74. The van der Waals surface area contributed by atoms with E-state index in [1.165, 1.54) is 0 Å². The maximum absolute atomic E-state index is 10.8. The van der Waals surface area contributed by atoms with E-state index in [9.17, 15) is 4.79 Å². The van der Waals surface area contributed by atoms with Gasteiger partial charge in [0.05, 0.1) is 0 Å². The fourth-order valence-corrected chi connectivity index (χ4v) is 2.09. The summed E-state index contributed by atoms with van der Waals surface area (Å²) in [6.07, 6.45) is 3.26. The van der Waals surface area contributed by atoms with Crippen molar-refractivity contribution in [2.45, 2.75) is 13.0 Å². The molecular formula is C17H15ClO2. The van der Waals surface area contributed by atoms with E-state index in [0.29, 0.717) is 23.6 Å². The molecule has 2 nitrogen and oxygen atoms in total. The molecule has 3 heteroatoms. The number of allylic oxidation sites excluding steroid dienone is 1. The fourth-order valence-electron chi connectivity index (χ4n) is 1.90. The van der Waals surface area contributed by atoms with Crippen LogP contribution in [-0.2, 0) is 13.0 Å². The summed E-state index contributed by atoms with van der Waals surface area (Å²) in [5.74, 6) is 0.746. The molecule has 2 rings (SSSR count). The van der Waals surface area contributed by atoms with Crippen LogP contribution in [0.1, 0.15) is 21.5 Å². The van der Waals surface area contributed by atoms with E-state index in [2.05, 4.69) is 6.58 Å². The van der Waals surface area contributed by atoms with Crippen LogP contribution in [0.4, 0.5) is 0 Å². The fraction of sp³-hybridized carbons (Fsp3) is 0.118. The number of carbonyl (C=O) groups excluding carboxylic acids is 1. The molecule has 0 aliphatic carbocycles. The highest BCUT2D eigenvalue weighted by Crippen LogP contribution is 2.23. The third kappa shape index (κ3) is 3.49. The van der Waals surface area contributed by atoms with Crippen molar-refractivity contribution in [2.24, 2.45) is 0 Å². The van der Waals surface area contributed by atoms with Gasteiger partial charge < -0.3 is 4.74 Å². The van der Waals surface area contributed by atoms with Gasteiger partial charge >= 0.3 is 0 Å². The maximum atomic E-state index is 10.8. The third-order valence-corrected chi connectivity index (χ3v) is 3.29. The molecule has 0 aliphatic rings. The van der Waals surface area contributed by atoms with Crippen LogP contribution in [0.2, 0.25) is 5.02 Å². The van der Waals surface area contributed by atoms with Gasteiger partial charge in [0.2, 0.25) is 0 Å². The van der Waals surface area contributed by atoms with Gasteiger partial charge in [-0.25, -0.2) is 0 Å². The molecule has 0 fully saturated rings. The lowest BCUT2D eigenvalue weighted by Gasteiger charge is -2.12. The number of ether oxygens (including phenoxy) is 1. The predicted octanol–water partition coefficient (Wildman–Crippen LogP) is 4.46. The Balaban J connectivity index is 2.18. The Hall–Kier alpha value is -2.06. The zero-order chi connectivity index (χ0) is 14.4. The number of aldehydes is 1. The lowest BCUT2D eigenvalue weighted by molar-refractivity contribution is 0.112. The minimum absolute atomic E-state index is 0.393. The molecule has 0 atom stereocenters. The Bertz CT molecular complexity index is 620.